The largest absolute Gasteiger partial charge is 0.508 e. The van der Waals surface area contributed by atoms with Gasteiger partial charge < -0.3 is 16.2 Å². The van der Waals surface area contributed by atoms with Crippen LogP contribution in [0.5, 0.6) is 5.75 Å². The summed E-state index contributed by atoms with van der Waals surface area (Å²) in [7, 11) is 1.90. The number of fused-ring (bicyclic) bond motifs is 1. The fourth-order valence-corrected chi connectivity index (χ4v) is 4.58. The Kier molecular flexibility index (Phi) is 5.68. The molecule has 4 aromatic rings. The second-order valence-electron chi connectivity index (χ2n) is 8.51. The normalized spacial score (nSPS) is 15.3. The predicted octanol–water partition coefficient (Wildman–Crippen LogP) is 4.88. The molecule has 3 aromatic heterocycles. The van der Waals surface area contributed by atoms with Gasteiger partial charge in [-0.05, 0) is 31.0 Å². The molecule has 0 amide bonds. The lowest BCUT2D eigenvalue weighted by Crippen LogP contribution is -2.25. The number of nitrogens with two attached hydrogens (primary N) is 1. The third kappa shape index (κ3) is 4.39. The number of hydrogen-bond donors (Lipinski definition) is 3. The molecule has 1 saturated carbocycles. The Bertz CT molecular complexity index is 1330. The van der Waals surface area contributed by atoms with Crippen LogP contribution in [0.2, 0.25) is 5.02 Å². The molecule has 0 atom stereocenters. The van der Waals surface area contributed by atoms with E-state index in [9.17, 15) is 5.11 Å². The summed E-state index contributed by atoms with van der Waals surface area (Å²) in [5.41, 5.74) is 11.6. The lowest BCUT2D eigenvalue weighted by molar-refractivity contribution is 0.463. The highest BCUT2D eigenvalue weighted by molar-refractivity contribution is 6.33. The molecular weight excluding hydrogens is 438 g/mol. The van der Waals surface area contributed by atoms with E-state index in [4.69, 9.17) is 17.3 Å². The average molecular weight is 464 g/mol. The molecule has 0 unspecified atom stereocenters. The van der Waals surface area contributed by atoms with Gasteiger partial charge >= 0.3 is 0 Å². The molecule has 0 aliphatic heterocycles. The van der Waals surface area contributed by atoms with E-state index < -0.39 is 0 Å². The zero-order valence-electron chi connectivity index (χ0n) is 18.4. The molecule has 0 spiro atoms. The van der Waals surface area contributed by atoms with E-state index in [1.807, 2.05) is 30.2 Å². The molecule has 1 aromatic carbocycles. The van der Waals surface area contributed by atoms with Crippen LogP contribution in [0.15, 0.2) is 54.0 Å². The molecule has 33 heavy (non-hydrogen) atoms. The van der Waals surface area contributed by atoms with Gasteiger partial charge in [-0.15, -0.1) is 0 Å². The van der Waals surface area contributed by atoms with Crippen LogP contribution >= 0.6 is 11.6 Å². The van der Waals surface area contributed by atoms with Crippen LogP contribution in [0, 0.1) is 0 Å². The number of benzene rings is 1. The number of hydrogen-bond acceptors (Lipinski definition) is 5. The number of phenols is 1. The first-order valence-corrected chi connectivity index (χ1v) is 11.5. The van der Waals surface area contributed by atoms with Gasteiger partial charge in [-0.2, -0.15) is 10.2 Å². The summed E-state index contributed by atoms with van der Waals surface area (Å²) in [5.74, 6) is 0.386. The topological polar surface area (TPSA) is 106 Å². The molecule has 1 aliphatic carbocycles. The first kappa shape index (κ1) is 21.3. The molecule has 0 bridgehead atoms. The number of aromatic nitrogens is 4. The van der Waals surface area contributed by atoms with Crippen LogP contribution in [0.1, 0.15) is 37.7 Å². The summed E-state index contributed by atoms with van der Waals surface area (Å²) in [6, 6.07) is 7.09. The van der Waals surface area contributed by atoms with Crippen molar-refractivity contribution in [1.29, 1.82) is 0 Å². The zero-order chi connectivity index (χ0) is 22.9. The molecule has 1 aliphatic rings. The van der Waals surface area contributed by atoms with E-state index in [-0.39, 0.29) is 5.75 Å². The molecule has 170 valence electrons. The molecule has 1 fully saturated rings. The summed E-state index contributed by atoms with van der Waals surface area (Å²) in [5, 5.41) is 22.6. The SMILES string of the molecule is Cn1cc(-c2cc3c(NC4CCCCC4)c(C(N)=Nc4ccc(O)cc4Cl)cnn3c2)cn1. The number of nitrogens with zero attached hydrogens (tertiary/aromatic N) is 5. The van der Waals surface area contributed by atoms with E-state index in [2.05, 4.69) is 26.6 Å². The number of amidine groups is 1. The van der Waals surface area contributed by atoms with Crippen LogP contribution in [0.3, 0.4) is 0 Å². The van der Waals surface area contributed by atoms with Crippen molar-refractivity contribution in [2.45, 2.75) is 38.1 Å². The van der Waals surface area contributed by atoms with Crippen molar-refractivity contribution in [3.63, 3.8) is 0 Å². The van der Waals surface area contributed by atoms with Crippen LogP contribution in [-0.4, -0.2) is 36.4 Å². The number of phenolic OH excluding ortho intramolecular Hbond substituents is 1. The number of aryl methyl sites for hydroxylation is 1. The van der Waals surface area contributed by atoms with Gasteiger partial charge in [0.2, 0.25) is 0 Å². The van der Waals surface area contributed by atoms with Gasteiger partial charge in [0.15, 0.2) is 0 Å². The average Bonchev–Trinajstić information content (AvgIpc) is 3.43. The van der Waals surface area contributed by atoms with Crippen molar-refractivity contribution >= 4 is 34.3 Å². The summed E-state index contributed by atoms with van der Waals surface area (Å²) in [6.45, 7) is 0. The Hall–Kier alpha value is -3.52. The minimum Gasteiger partial charge on any atom is -0.508 e. The van der Waals surface area contributed by atoms with Gasteiger partial charge in [-0.1, -0.05) is 30.9 Å². The summed E-state index contributed by atoms with van der Waals surface area (Å²) in [4.78, 5) is 4.55. The molecule has 3 heterocycles. The van der Waals surface area contributed by atoms with E-state index in [1.54, 1.807) is 16.9 Å². The van der Waals surface area contributed by atoms with Gasteiger partial charge in [0, 0.05) is 42.7 Å². The zero-order valence-corrected chi connectivity index (χ0v) is 19.1. The number of aromatic hydroxyl groups is 1. The summed E-state index contributed by atoms with van der Waals surface area (Å²) in [6.07, 6.45) is 13.5. The van der Waals surface area contributed by atoms with Crippen LogP contribution in [-0.2, 0) is 7.05 Å². The van der Waals surface area contributed by atoms with Gasteiger partial charge in [0.05, 0.1) is 39.9 Å². The standard InChI is InChI=1S/C24H26ClN7O/c1-31-13-16(11-27-31)15-9-22-23(29-17-5-3-2-4-6-17)19(12-28-32(22)14-15)24(26)30-21-8-7-18(33)10-20(21)25/h7-14,17,29,33H,2-6H2,1H3,(H2,26,30). The van der Waals surface area contributed by atoms with E-state index in [0.717, 1.165) is 35.2 Å². The van der Waals surface area contributed by atoms with Crippen molar-refractivity contribution < 1.29 is 5.11 Å². The molecule has 9 heteroatoms. The van der Waals surface area contributed by atoms with Crippen molar-refractivity contribution in [2.24, 2.45) is 17.8 Å². The van der Waals surface area contributed by atoms with Gasteiger partial charge in [0.1, 0.15) is 11.6 Å². The first-order valence-electron chi connectivity index (χ1n) is 11.1. The minimum absolute atomic E-state index is 0.0800. The highest BCUT2D eigenvalue weighted by Gasteiger charge is 2.20. The fraction of sp³-hybridized carbons (Fsp3) is 0.292. The monoisotopic (exact) mass is 463 g/mol. The summed E-state index contributed by atoms with van der Waals surface area (Å²) < 4.78 is 3.64. The van der Waals surface area contributed by atoms with E-state index in [0.29, 0.717) is 28.2 Å². The Labute approximate surface area is 196 Å². The van der Waals surface area contributed by atoms with Crippen molar-refractivity contribution in [3.8, 4) is 16.9 Å². The smallest absolute Gasteiger partial charge is 0.135 e. The Balaban J connectivity index is 1.61. The molecule has 0 radical (unpaired) electrons. The quantitative estimate of drug-likeness (QED) is 0.289. The fourth-order valence-electron chi connectivity index (χ4n) is 4.36. The number of aliphatic imine (C=N–C) groups is 1. The second-order valence-corrected chi connectivity index (χ2v) is 8.91. The number of halogens is 1. The van der Waals surface area contributed by atoms with E-state index in [1.165, 1.54) is 31.4 Å². The molecule has 0 saturated heterocycles. The van der Waals surface area contributed by atoms with Crippen molar-refractivity contribution in [3.05, 3.63) is 59.6 Å². The maximum absolute atomic E-state index is 9.64. The highest BCUT2D eigenvalue weighted by atomic mass is 35.5. The van der Waals surface area contributed by atoms with E-state index >= 15 is 0 Å². The van der Waals surface area contributed by atoms with Gasteiger partial charge in [0.25, 0.3) is 0 Å². The van der Waals surface area contributed by atoms with Crippen molar-refractivity contribution in [1.82, 2.24) is 19.4 Å². The maximum atomic E-state index is 9.64. The number of rotatable bonds is 5. The third-order valence-corrected chi connectivity index (χ3v) is 6.38. The van der Waals surface area contributed by atoms with Gasteiger partial charge in [-0.3, -0.25) is 4.68 Å². The lowest BCUT2D eigenvalue weighted by atomic mass is 9.95. The Morgan fingerprint density at radius 3 is 2.67 bits per heavy atom. The second kappa shape index (κ2) is 8.78. The third-order valence-electron chi connectivity index (χ3n) is 6.08. The van der Waals surface area contributed by atoms with Crippen LogP contribution < -0.4 is 11.1 Å². The molecular formula is C24H26ClN7O. The maximum Gasteiger partial charge on any atom is 0.135 e. The Morgan fingerprint density at radius 1 is 1.12 bits per heavy atom. The van der Waals surface area contributed by atoms with Gasteiger partial charge in [-0.25, -0.2) is 9.51 Å². The molecule has 5 rings (SSSR count). The first-order chi connectivity index (χ1) is 16.0. The predicted molar refractivity (Wildman–Crippen MR) is 131 cm³/mol. The van der Waals surface area contributed by atoms with Crippen LogP contribution in [0.25, 0.3) is 16.6 Å². The number of nitrogens with one attached hydrogen (secondary N) is 1. The Morgan fingerprint density at radius 2 is 1.94 bits per heavy atom. The minimum atomic E-state index is 0.0800. The molecule has 8 nitrogen and oxygen atoms in total. The number of anilines is 1. The van der Waals surface area contributed by atoms with Crippen LogP contribution in [0.4, 0.5) is 11.4 Å². The van der Waals surface area contributed by atoms with Crippen molar-refractivity contribution in [2.75, 3.05) is 5.32 Å². The highest BCUT2D eigenvalue weighted by Crippen LogP contribution is 2.33. The lowest BCUT2D eigenvalue weighted by Gasteiger charge is -2.25. The molecule has 4 N–H and O–H groups in total. The summed E-state index contributed by atoms with van der Waals surface area (Å²) >= 11 is 6.26.